The first-order chi connectivity index (χ1) is 19.8. The maximum Gasteiger partial charge on any atom is 0.143 e. The Morgan fingerprint density at radius 3 is 1.85 bits per heavy atom. The van der Waals surface area contributed by atoms with E-state index in [1.807, 2.05) is 0 Å². The van der Waals surface area contributed by atoms with E-state index in [9.17, 15) is 0 Å². The lowest BCUT2D eigenvalue weighted by Gasteiger charge is -2.27. The van der Waals surface area contributed by atoms with E-state index in [-0.39, 0.29) is 0 Å². The van der Waals surface area contributed by atoms with Crippen molar-refractivity contribution >= 4 is 60.5 Å². The molecule has 0 amide bonds. The molecule has 8 rings (SSSR count). The Balaban J connectivity index is 1.47. The number of para-hydroxylation sites is 2. The Labute approximate surface area is 232 Å². The van der Waals surface area contributed by atoms with E-state index in [1.54, 1.807) is 0 Å². The van der Waals surface area contributed by atoms with Crippen LogP contribution in [0.4, 0.5) is 17.1 Å². The van der Waals surface area contributed by atoms with Gasteiger partial charge in [-0.2, -0.15) is 0 Å². The Morgan fingerprint density at radius 1 is 0.450 bits per heavy atom. The second-order valence-corrected chi connectivity index (χ2v) is 10.2. The minimum Gasteiger partial charge on any atom is -0.455 e. The minimum atomic E-state index is 0.897. The average Bonchev–Trinajstić information content (AvgIpc) is 3.41. The summed E-state index contributed by atoms with van der Waals surface area (Å²) < 4.78 is 6.64. The molecule has 0 bridgehead atoms. The third-order valence-corrected chi connectivity index (χ3v) is 7.81. The molecule has 2 nitrogen and oxygen atoms in total. The maximum absolute atomic E-state index is 6.64. The number of furan rings is 1. The highest BCUT2D eigenvalue weighted by Gasteiger charge is 2.21. The molecule has 7 aromatic carbocycles. The van der Waals surface area contributed by atoms with Crippen LogP contribution in [-0.2, 0) is 0 Å². The van der Waals surface area contributed by atoms with Crippen molar-refractivity contribution in [2.45, 2.75) is 0 Å². The zero-order chi connectivity index (χ0) is 26.5. The third-order valence-electron chi connectivity index (χ3n) is 7.81. The van der Waals surface area contributed by atoms with Crippen molar-refractivity contribution in [3.63, 3.8) is 0 Å². The van der Waals surface area contributed by atoms with Crippen LogP contribution in [0.2, 0.25) is 0 Å². The van der Waals surface area contributed by atoms with Gasteiger partial charge in [-0.05, 0) is 64.4 Å². The highest BCUT2D eigenvalue weighted by Crippen LogP contribution is 2.46. The molecule has 0 fully saturated rings. The first-order valence-corrected chi connectivity index (χ1v) is 13.6. The predicted molar refractivity (Wildman–Crippen MR) is 169 cm³/mol. The average molecular weight is 512 g/mol. The second kappa shape index (κ2) is 9.14. The minimum absolute atomic E-state index is 0.897. The van der Waals surface area contributed by atoms with Crippen LogP contribution >= 0.6 is 0 Å². The highest BCUT2D eigenvalue weighted by atomic mass is 16.3. The monoisotopic (exact) mass is 511 g/mol. The summed E-state index contributed by atoms with van der Waals surface area (Å²) in [7, 11) is 0. The van der Waals surface area contributed by atoms with Crippen molar-refractivity contribution in [3.05, 3.63) is 152 Å². The van der Waals surface area contributed by atoms with Gasteiger partial charge >= 0.3 is 0 Å². The van der Waals surface area contributed by atoms with Crippen LogP contribution < -0.4 is 4.90 Å². The Hall–Kier alpha value is -5.34. The molecule has 0 aliphatic rings. The molecule has 0 radical (unpaired) electrons. The fourth-order valence-corrected chi connectivity index (χ4v) is 5.99. The van der Waals surface area contributed by atoms with E-state index in [0.29, 0.717) is 0 Å². The molecule has 0 saturated heterocycles. The molecule has 188 valence electrons. The van der Waals surface area contributed by atoms with Crippen LogP contribution in [0.5, 0.6) is 0 Å². The van der Waals surface area contributed by atoms with Gasteiger partial charge in [-0.15, -0.1) is 0 Å². The van der Waals surface area contributed by atoms with E-state index < -0.39 is 0 Å². The Bertz CT molecular complexity index is 2120. The summed E-state index contributed by atoms with van der Waals surface area (Å²) in [5.41, 5.74) is 7.52. The molecular formula is C38H25NO. The summed E-state index contributed by atoms with van der Waals surface area (Å²) in [6.45, 7) is 0. The summed E-state index contributed by atoms with van der Waals surface area (Å²) in [5.74, 6) is 0. The number of nitrogens with zero attached hydrogens (tertiary/aromatic N) is 1. The van der Waals surface area contributed by atoms with Gasteiger partial charge in [-0.1, -0.05) is 109 Å². The first-order valence-electron chi connectivity index (χ1n) is 13.6. The fourth-order valence-electron chi connectivity index (χ4n) is 5.99. The molecule has 0 aliphatic heterocycles. The molecule has 0 spiro atoms. The lowest BCUT2D eigenvalue weighted by molar-refractivity contribution is 0.673. The topological polar surface area (TPSA) is 16.4 Å². The number of benzene rings is 7. The van der Waals surface area contributed by atoms with Crippen LogP contribution in [0.1, 0.15) is 0 Å². The van der Waals surface area contributed by atoms with Crippen molar-refractivity contribution in [2.75, 3.05) is 4.90 Å². The van der Waals surface area contributed by atoms with Crippen LogP contribution in [0, 0.1) is 0 Å². The highest BCUT2D eigenvalue weighted by molar-refractivity contribution is 6.22. The van der Waals surface area contributed by atoms with Crippen LogP contribution in [0.25, 0.3) is 54.6 Å². The molecule has 0 atom stereocenters. The number of rotatable bonds is 4. The lowest BCUT2D eigenvalue weighted by atomic mass is 9.95. The lowest BCUT2D eigenvalue weighted by Crippen LogP contribution is -2.10. The standard InChI is InChI=1S/C38H25NO/c1-3-14-29(15-4-1)39(30-16-5-2-6-17-30)35-25-34-37-31(28-23-22-26-12-7-8-13-27(26)24-28)20-11-21-36(37)40-38(34)33-19-10-9-18-32(33)35/h1-25H. The Morgan fingerprint density at radius 2 is 1.10 bits per heavy atom. The first kappa shape index (κ1) is 22.6. The van der Waals surface area contributed by atoms with Gasteiger partial charge in [0.05, 0.1) is 5.69 Å². The van der Waals surface area contributed by atoms with E-state index in [2.05, 4.69) is 157 Å². The number of hydrogen-bond donors (Lipinski definition) is 0. The third kappa shape index (κ3) is 3.58. The van der Waals surface area contributed by atoms with Gasteiger partial charge in [0, 0.05) is 32.9 Å². The van der Waals surface area contributed by atoms with Crippen molar-refractivity contribution in [2.24, 2.45) is 0 Å². The summed E-state index contributed by atoms with van der Waals surface area (Å²) in [6, 6.07) is 53.7. The van der Waals surface area contributed by atoms with Gasteiger partial charge in [0.25, 0.3) is 0 Å². The van der Waals surface area contributed by atoms with Gasteiger partial charge in [0.15, 0.2) is 0 Å². The van der Waals surface area contributed by atoms with Gasteiger partial charge < -0.3 is 9.32 Å². The van der Waals surface area contributed by atoms with Crippen LogP contribution in [0.3, 0.4) is 0 Å². The summed E-state index contributed by atoms with van der Waals surface area (Å²) >= 11 is 0. The van der Waals surface area contributed by atoms with Gasteiger partial charge in [-0.3, -0.25) is 0 Å². The van der Waals surface area contributed by atoms with Crippen molar-refractivity contribution in [3.8, 4) is 11.1 Å². The molecular weight excluding hydrogens is 486 g/mol. The smallest absolute Gasteiger partial charge is 0.143 e. The zero-order valence-corrected chi connectivity index (χ0v) is 21.8. The predicted octanol–water partition coefficient (Wildman–Crippen LogP) is 11.0. The van der Waals surface area contributed by atoms with Crippen molar-refractivity contribution in [1.82, 2.24) is 0 Å². The molecule has 0 unspecified atom stereocenters. The summed E-state index contributed by atoms with van der Waals surface area (Å²) in [4.78, 5) is 2.35. The number of anilines is 3. The molecule has 2 heteroatoms. The second-order valence-electron chi connectivity index (χ2n) is 10.2. The van der Waals surface area contributed by atoms with E-state index in [1.165, 1.54) is 21.9 Å². The molecule has 0 aliphatic carbocycles. The van der Waals surface area contributed by atoms with Crippen molar-refractivity contribution in [1.29, 1.82) is 0 Å². The molecule has 40 heavy (non-hydrogen) atoms. The molecule has 0 saturated carbocycles. The molecule has 0 N–H and O–H groups in total. The van der Waals surface area contributed by atoms with E-state index in [4.69, 9.17) is 4.42 Å². The molecule has 1 aromatic heterocycles. The largest absolute Gasteiger partial charge is 0.455 e. The summed E-state index contributed by atoms with van der Waals surface area (Å²) in [5, 5.41) is 6.98. The van der Waals surface area contributed by atoms with Crippen LogP contribution in [-0.4, -0.2) is 0 Å². The fraction of sp³-hybridized carbons (Fsp3) is 0. The van der Waals surface area contributed by atoms with Gasteiger partial charge in [-0.25, -0.2) is 0 Å². The number of fused-ring (bicyclic) bond motifs is 6. The van der Waals surface area contributed by atoms with Gasteiger partial charge in [0.1, 0.15) is 11.2 Å². The zero-order valence-electron chi connectivity index (χ0n) is 21.8. The SMILES string of the molecule is c1ccc(N(c2ccccc2)c2cc3c(oc4cccc(-c5ccc6ccccc6c5)c43)c3ccccc23)cc1. The van der Waals surface area contributed by atoms with E-state index in [0.717, 1.165) is 49.8 Å². The van der Waals surface area contributed by atoms with E-state index >= 15 is 0 Å². The normalized spacial score (nSPS) is 11.5. The quantitative estimate of drug-likeness (QED) is 0.234. The Kier molecular flexibility index (Phi) is 5.17. The summed E-state index contributed by atoms with van der Waals surface area (Å²) in [6.07, 6.45) is 0. The molecule has 8 aromatic rings. The van der Waals surface area contributed by atoms with Gasteiger partial charge in [0.2, 0.25) is 0 Å². The maximum atomic E-state index is 6.64. The number of hydrogen-bond acceptors (Lipinski definition) is 2. The van der Waals surface area contributed by atoms with Crippen LogP contribution in [0.15, 0.2) is 156 Å². The van der Waals surface area contributed by atoms with Crippen molar-refractivity contribution < 1.29 is 4.42 Å². The molecule has 1 heterocycles.